The Morgan fingerprint density at radius 3 is 1.04 bits per heavy atom. The summed E-state index contributed by atoms with van der Waals surface area (Å²) < 4.78 is 0. The van der Waals surface area contributed by atoms with Gasteiger partial charge in [-0.15, -0.1) is 0 Å². The second kappa shape index (κ2) is 48.5. The van der Waals surface area contributed by atoms with Crippen molar-refractivity contribution in [1.29, 1.82) is 0 Å². The molecule has 0 amide bonds. The number of azide groups is 1. The maximum Gasteiger partial charge on any atom is 0.160 e. The van der Waals surface area contributed by atoms with Crippen LogP contribution in [0.2, 0.25) is 0 Å². The number of hydrogen-bond acceptors (Lipinski definition) is 8. The van der Waals surface area contributed by atoms with Gasteiger partial charge in [-0.1, -0.05) is 406 Å². The zero-order valence-electron chi connectivity index (χ0n) is 69.9. The van der Waals surface area contributed by atoms with E-state index in [0.717, 1.165) is 79.9 Å². The van der Waals surface area contributed by atoms with Gasteiger partial charge in [-0.3, -0.25) is 19.2 Å². The number of nitrogens with two attached hydrogens (primary N) is 1. The molecule has 0 fully saturated rings. The number of aliphatic hydroxyl groups excluding tert-OH is 2. The van der Waals surface area contributed by atoms with E-state index < -0.39 is 0 Å². The van der Waals surface area contributed by atoms with Crippen molar-refractivity contribution in [2.24, 2.45) is 10.8 Å². The lowest BCUT2D eigenvalue weighted by Gasteiger charge is -2.30. The minimum Gasteiger partial charge on any atom is -0.393 e. The molecule has 0 saturated heterocycles. The van der Waals surface area contributed by atoms with E-state index in [1.54, 1.807) is 25.1 Å². The molecule has 0 bridgehead atoms. The number of carbonyl (C=O) groups excluding carboxylic acids is 4. The van der Waals surface area contributed by atoms with E-state index in [0.29, 0.717) is 55.1 Å². The normalized spacial score (nSPS) is 18.2. The Bertz CT molecular complexity index is 5400. The highest BCUT2D eigenvalue weighted by Crippen LogP contribution is 2.42. The highest BCUT2D eigenvalue weighted by atomic mass is 32.1. The molecule has 5 aliphatic carbocycles. The molecule has 14 aromatic carbocycles. The van der Waals surface area contributed by atoms with Crippen LogP contribution in [0.4, 0.5) is 0 Å². The summed E-state index contributed by atoms with van der Waals surface area (Å²) >= 11 is 0. The van der Waals surface area contributed by atoms with E-state index in [9.17, 15) is 29.4 Å². The molecule has 0 aromatic heterocycles. The number of rotatable bonds is 13. The quantitative estimate of drug-likeness (QED) is 0.0337. The summed E-state index contributed by atoms with van der Waals surface area (Å²) in [4.78, 5) is 47.1. The smallest absolute Gasteiger partial charge is 0.160 e. The molecule has 1 unspecified atom stereocenters. The monoisotopic (exact) mass is 1640 g/mol. The molecular formula is C112H110N4O6S. The molecule has 11 heteroatoms. The topological polar surface area (TPSA) is 184 Å². The highest BCUT2D eigenvalue weighted by molar-refractivity contribution is 7.59. The van der Waals surface area contributed by atoms with E-state index in [1.807, 2.05) is 158 Å². The van der Waals surface area contributed by atoms with Gasteiger partial charge in [0.2, 0.25) is 0 Å². The van der Waals surface area contributed by atoms with Gasteiger partial charge < -0.3 is 15.9 Å². The zero-order chi connectivity index (χ0) is 84.9. The number of fused-ring (bicyclic) bond motifs is 5. The van der Waals surface area contributed by atoms with E-state index in [2.05, 4.69) is 241 Å². The van der Waals surface area contributed by atoms with Crippen LogP contribution in [0, 0.1) is 0 Å². The summed E-state index contributed by atoms with van der Waals surface area (Å²) in [6.07, 6.45) is 13.2. The van der Waals surface area contributed by atoms with Crippen molar-refractivity contribution < 1.29 is 29.4 Å². The number of benzene rings is 14. The largest absolute Gasteiger partial charge is 0.393 e. The Kier molecular flexibility index (Phi) is 35.8. The fourth-order valence-corrected chi connectivity index (χ4v) is 17.1. The van der Waals surface area contributed by atoms with Gasteiger partial charge >= 0.3 is 0 Å². The molecule has 620 valence electrons. The first-order chi connectivity index (χ1) is 59.8. The first-order valence-corrected chi connectivity index (χ1v) is 42.5. The molecule has 0 heterocycles. The third kappa shape index (κ3) is 27.8. The maximum absolute atomic E-state index is 11.8. The molecule has 0 aliphatic heterocycles. The van der Waals surface area contributed by atoms with Crippen molar-refractivity contribution in [3.05, 3.63) is 517 Å². The van der Waals surface area contributed by atoms with Gasteiger partial charge in [0, 0.05) is 77.8 Å². The maximum atomic E-state index is 11.8. The summed E-state index contributed by atoms with van der Waals surface area (Å²) in [6, 6.07) is 134. The first kappa shape index (κ1) is 90.8. The second-order valence-corrected chi connectivity index (χ2v) is 31.7. The van der Waals surface area contributed by atoms with Crippen LogP contribution in [0.1, 0.15) is 179 Å². The summed E-state index contributed by atoms with van der Waals surface area (Å²) in [5.41, 5.74) is 38.7. The number of aliphatic hydroxyl groups is 2. The Morgan fingerprint density at radius 1 is 0.366 bits per heavy atom. The molecule has 0 saturated carbocycles. The Balaban J connectivity index is 0.000000138. The highest BCUT2D eigenvalue weighted by Gasteiger charge is 2.31. The number of hydrogen-bond donors (Lipinski definition) is 3. The lowest BCUT2D eigenvalue weighted by molar-refractivity contribution is -0.119. The van der Waals surface area contributed by atoms with Crippen LogP contribution >= 0.6 is 13.5 Å². The number of aldehydes is 1. The predicted octanol–water partition coefficient (Wildman–Crippen LogP) is 24.1. The van der Waals surface area contributed by atoms with Gasteiger partial charge in [0.05, 0.1) is 12.2 Å². The number of ketones is 3. The summed E-state index contributed by atoms with van der Waals surface area (Å²) in [6.45, 7) is 1.60. The fraction of sp³-hybridized carbons (Fsp3) is 0.196. The van der Waals surface area contributed by atoms with Crippen LogP contribution in [-0.2, 0) is 59.3 Å². The molecule has 14 aromatic rings. The summed E-state index contributed by atoms with van der Waals surface area (Å²) in [5.74, 6) is 2.42. The molecule has 0 spiro atoms. The van der Waals surface area contributed by atoms with Gasteiger partial charge in [-0.2, -0.15) is 13.5 Å². The predicted molar refractivity (Wildman–Crippen MR) is 507 cm³/mol. The molecule has 19 rings (SSSR count). The molecular weight excluding hydrogens is 1530 g/mol. The number of carbonyl (C=O) groups is 4. The van der Waals surface area contributed by atoms with Crippen molar-refractivity contribution in [1.82, 2.24) is 0 Å². The van der Waals surface area contributed by atoms with Crippen molar-refractivity contribution in [2.75, 3.05) is 0 Å². The van der Waals surface area contributed by atoms with Gasteiger partial charge in [-0.25, -0.2) is 0 Å². The van der Waals surface area contributed by atoms with E-state index in [4.69, 9.17) is 11.3 Å². The minimum atomic E-state index is -0.213. The molecule has 9 atom stereocenters. The number of Topliss-reactive ketones (excluding diaryl/α,β-unsaturated/α-hetero) is 2. The second-order valence-electron chi connectivity index (χ2n) is 31.7. The van der Waals surface area contributed by atoms with Crippen molar-refractivity contribution in [2.45, 2.75) is 138 Å². The third-order valence-corrected chi connectivity index (χ3v) is 22.8. The standard InChI is InChI=1S/C16H15N3.C16H17N.2C16H16O.2C16H14O.C9H10O.C7H6O.H2S/c17-19-18-14-10-13-8-4-5-9-15(13)16(11-14)12-6-2-1-3-7-12;4*17-14-10-13-8-4-5-9-15(13)16(11-14)12-6-2-1-3-7-12;17-16(13-15-9-5-2-6-10-15)12-11-14-7-3-1-4-8-14;1-8(10)7-9-5-3-2-4-6-9;8-6-7-4-2-1-3-5-7;/h1-9,14,16H,10-11H2;1-9,14,16H,10-11,17H2;2*1-9,14,16-17H,10-11H2;1-9,16H,10-11H2;1-12H,13H2;2-6H,7H2,1H3;1-6H;1H2/b;;;;;12-11+;;;/t2*14-,16-;14-,16+;14-,16-;;;;;/m1100...../s1. The van der Waals surface area contributed by atoms with Gasteiger partial charge in [0.15, 0.2) is 5.78 Å². The minimum absolute atomic E-state index is 0. The van der Waals surface area contributed by atoms with Crippen LogP contribution in [0.15, 0.2) is 406 Å². The summed E-state index contributed by atoms with van der Waals surface area (Å²) in [7, 11) is 0. The van der Waals surface area contributed by atoms with Crippen molar-refractivity contribution in [3.8, 4) is 0 Å². The first-order valence-electron chi connectivity index (χ1n) is 42.5. The molecule has 5 aliphatic rings. The van der Waals surface area contributed by atoms with Gasteiger partial charge in [0.25, 0.3) is 0 Å². The lowest BCUT2D eigenvalue weighted by Crippen LogP contribution is -2.30. The molecule has 10 nitrogen and oxygen atoms in total. The third-order valence-electron chi connectivity index (χ3n) is 22.8. The van der Waals surface area contributed by atoms with Gasteiger partial charge in [-0.05, 0) is 170 Å². The molecule has 4 N–H and O–H groups in total. The number of nitrogens with zero attached hydrogens (tertiary/aromatic N) is 3. The van der Waals surface area contributed by atoms with Crippen molar-refractivity contribution in [3.63, 3.8) is 0 Å². The van der Waals surface area contributed by atoms with E-state index >= 15 is 0 Å². The number of allylic oxidation sites excluding steroid dienone is 1. The SMILES string of the molecule is CC(=O)Cc1ccccc1.N[C@@H]1Cc2ccccc2[C@@H](c2ccccc2)C1.O=C(/C=C/c1ccccc1)Cc1ccccc1.O=C1Cc2ccccc2C(c2ccccc2)C1.O=Cc1ccccc1.O[C@H]1Cc2ccccc2[C@@H](c2ccccc2)C1.O[C@H]1Cc2ccccc2[C@H](c2ccccc2)C1.S.[N-]=[N+]=N[C@@H]1Cc2ccccc2[C@@H](c2ccccc2)C1. The Morgan fingerprint density at radius 2 is 0.667 bits per heavy atom. The molecule has 123 heavy (non-hydrogen) atoms. The Labute approximate surface area is 733 Å². The molecule has 0 radical (unpaired) electrons. The van der Waals surface area contributed by atoms with Crippen LogP contribution in [-0.4, -0.2) is 58.1 Å². The van der Waals surface area contributed by atoms with E-state index in [-0.39, 0.29) is 55.3 Å². The fourth-order valence-electron chi connectivity index (χ4n) is 17.1. The Hall–Kier alpha value is -13.0. The van der Waals surface area contributed by atoms with Crippen LogP contribution < -0.4 is 5.73 Å². The van der Waals surface area contributed by atoms with Crippen LogP contribution in [0.3, 0.4) is 0 Å². The van der Waals surface area contributed by atoms with Crippen LogP contribution in [0.25, 0.3) is 16.5 Å². The summed E-state index contributed by atoms with van der Waals surface area (Å²) in [5, 5.41) is 23.9. The average Bonchev–Trinajstić information content (AvgIpc) is 0.810. The van der Waals surface area contributed by atoms with E-state index in [1.165, 1.54) is 83.5 Å². The average molecular weight is 1640 g/mol. The lowest BCUT2D eigenvalue weighted by atomic mass is 9.77. The van der Waals surface area contributed by atoms with Gasteiger partial charge in [0.1, 0.15) is 17.9 Å². The van der Waals surface area contributed by atoms with Crippen molar-refractivity contribution >= 4 is 43.2 Å². The zero-order valence-corrected chi connectivity index (χ0v) is 70.9. The van der Waals surface area contributed by atoms with Crippen LogP contribution in [0.5, 0.6) is 0 Å².